The molecule has 3 aliphatic rings. The van der Waals surface area contributed by atoms with Crippen molar-refractivity contribution in [2.45, 2.75) is 25.0 Å². The fourth-order valence-electron chi connectivity index (χ4n) is 5.14. The zero-order valence-corrected chi connectivity index (χ0v) is 20.8. The molecule has 198 valence electrons. The quantitative estimate of drug-likeness (QED) is 0.568. The van der Waals surface area contributed by atoms with E-state index in [4.69, 9.17) is 9.47 Å². The summed E-state index contributed by atoms with van der Waals surface area (Å²) in [6.07, 6.45) is 1.11. The number of nitrogens with zero attached hydrogens (tertiary/aromatic N) is 3. The summed E-state index contributed by atoms with van der Waals surface area (Å²) < 4.78 is 24.5. The van der Waals surface area contributed by atoms with Crippen LogP contribution >= 0.6 is 0 Å². The minimum absolute atomic E-state index is 0.295. The first-order valence-corrected chi connectivity index (χ1v) is 12.9. The van der Waals surface area contributed by atoms with Crippen LogP contribution in [0, 0.1) is 5.82 Å². The van der Waals surface area contributed by atoms with Crippen LogP contribution in [0.3, 0.4) is 0 Å². The lowest BCUT2D eigenvalue weighted by atomic mass is 10.0. The lowest BCUT2D eigenvalue weighted by molar-refractivity contribution is -0.147. The van der Waals surface area contributed by atoms with Crippen LogP contribution < -0.4 is 19.7 Å². The van der Waals surface area contributed by atoms with Crippen LogP contribution in [0.4, 0.5) is 10.1 Å². The van der Waals surface area contributed by atoms with Crippen molar-refractivity contribution in [3.05, 3.63) is 53.8 Å². The first-order valence-electron chi connectivity index (χ1n) is 12.9. The first-order chi connectivity index (χ1) is 18.0. The van der Waals surface area contributed by atoms with E-state index in [9.17, 15) is 19.1 Å². The summed E-state index contributed by atoms with van der Waals surface area (Å²) in [6.45, 7) is 4.97. The third-order valence-electron chi connectivity index (χ3n) is 7.21. The Morgan fingerprint density at radius 1 is 0.919 bits per heavy atom. The standard InChI is InChI=1S/C27H33FN4O5/c28-20-4-6-21(7-5-20)31-11-13-32(14-12-31)27(35)26(34)29-22(18-30-9-1-2-10-30)25(33)19-3-8-23-24(17-19)37-16-15-36-23/h3-8,17,22,25,33H,1-2,9-16,18H2,(H,29,34). The summed E-state index contributed by atoms with van der Waals surface area (Å²) in [5.41, 5.74) is 1.47. The van der Waals surface area contributed by atoms with Gasteiger partial charge in [0.1, 0.15) is 25.1 Å². The highest BCUT2D eigenvalue weighted by molar-refractivity contribution is 6.35. The van der Waals surface area contributed by atoms with Crippen LogP contribution in [0.2, 0.25) is 0 Å². The van der Waals surface area contributed by atoms with Crippen molar-refractivity contribution in [3.63, 3.8) is 0 Å². The van der Waals surface area contributed by atoms with Gasteiger partial charge in [0, 0.05) is 38.4 Å². The fourth-order valence-corrected chi connectivity index (χ4v) is 5.14. The minimum Gasteiger partial charge on any atom is -0.486 e. The molecule has 2 aromatic carbocycles. The fraction of sp³-hybridized carbons (Fsp3) is 0.481. The zero-order valence-electron chi connectivity index (χ0n) is 20.8. The maximum absolute atomic E-state index is 13.2. The van der Waals surface area contributed by atoms with Crippen molar-refractivity contribution < 1.29 is 28.6 Å². The summed E-state index contributed by atoms with van der Waals surface area (Å²) in [5, 5.41) is 14.1. The molecule has 2 amide bonds. The molecule has 3 heterocycles. The van der Waals surface area contributed by atoms with Gasteiger partial charge in [-0.15, -0.1) is 0 Å². The van der Waals surface area contributed by atoms with Gasteiger partial charge >= 0.3 is 11.8 Å². The molecule has 2 N–H and O–H groups in total. The molecule has 0 radical (unpaired) electrons. The predicted octanol–water partition coefficient (Wildman–Crippen LogP) is 1.56. The number of halogens is 1. The molecule has 0 aliphatic carbocycles. The third kappa shape index (κ3) is 5.97. The monoisotopic (exact) mass is 512 g/mol. The van der Waals surface area contributed by atoms with E-state index in [1.807, 2.05) is 0 Å². The van der Waals surface area contributed by atoms with Crippen LogP contribution in [0.5, 0.6) is 11.5 Å². The molecule has 0 saturated carbocycles. The van der Waals surface area contributed by atoms with Gasteiger partial charge in [0.2, 0.25) is 0 Å². The van der Waals surface area contributed by atoms with Crippen molar-refractivity contribution >= 4 is 17.5 Å². The smallest absolute Gasteiger partial charge is 0.312 e. The van der Waals surface area contributed by atoms with Crippen LogP contribution in [-0.4, -0.2) is 91.8 Å². The lowest BCUT2D eigenvalue weighted by Gasteiger charge is -2.36. The molecule has 0 spiro atoms. The lowest BCUT2D eigenvalue weighted by Crippen LogP contribution is -2.55. The molecule has 10 heteroatoms. The summed E-state index contributed by atoms with van der Waals surface area (Å²) >= 11 is 0. The van der Waals surface area contributed by atoms with Gasteiger partial charge in [0.15, 0.2) is 11.5 Å². The average Bonchev–Trinajstić information content (AvgIpc) is 3.45. The second-order valence-electron chi connectivity index (χ2n) is 9.69. The number of carbonyl (C=O) groups excluding carboxylic acids is 2. The Morgan fingerprint density at radius 3 is 2.30 bits per heavy atom. The van der Waals surface area contributed by atoms with E-state index in [1.165, 1.54) is 17.0 Å². The number of hydrogen-bond acceptors (Lipinski definition) is 7. The van der Waals surface area contributed by atoms with Gasteiger partial charge < -0.3 is 34.6 Å². The van der Waals surface area contributed by atoms with Crippen LogP contribution in [0.15, 0.2) is 42.5 Å². The van der Waals surface area contributed by atoms with Crippen LogP contribution in [0.1, 0.15) is 24.5 Å². The number of fused-ring (bicyclic) bond motifs is 1. The molecular weight excluding hydrogens is 479 g/mol. The molecule has 3 aliphatic heterocycles. The highest BCUT2D eigenvalue weighted by atomic mass is 19.1. The van der Waals surface area contributed by atoms with Gasteiger partial charge in [-0.05, 0) is 67.9 Å². The van der Waals surface area contributed by atoms with Gasteiger partial charge in [-0.1, -0.05) is 6.07 Å². The molecule has 2 aromatic rings. The van der Waals surface area contributed by atoms with Gasteiger partial charge in [0.25, 0.3) is 0 Å². The Labute approximate surface area is 215 Å². The summed E-state index contributed by atoms with van der Waals surface area (Å²) in [7, 11) is 0. The number of nitrogens with one attached hydrogen (secondary N) is 1. The second kappa shape index (κ2) is 11.4. The third-order valence-corrected chi connectivity index (χ3v) is 7.21. The number of hydrogen-bond donors (Lipinski definition) is 2. The van der Waals surface area contributed by atoms with Crippen molar-refractivity contribution in [3.8, 4) is 11.5 Å². The molecule has 0 bridgehead atoms. The average molecular weight is 513 g/mol. The number of likely N-dealkylation sites (tertiary alicyclic amines) is 1. The van der Waals surface area contributed by atoms with Gasteiger partial charge in [-0.25, -0.2) is 4.39 Å². The van der Waals surface area contributed by atoms with E-state index < -0.39 is 24.0 Å². The number of aliphatic hydroxyl groups is 1. The zero-order chi connectivity index (χ0) is 25.8. The first kappa shape index (κ1) is 25.3. The SMILES string of the molecule is O=C(NC(CN1CCCC1)C(O)c1ccc2c(c1)OCCO2)C(=O)N1CCN(c2ccc(F)cc2)CC1. The Bertz CT molecular complexity index is 1100. The number of carbonyl (C=O) groups is 2. The molecule has 2 fully saturated rings. The Kier molecular flexibility index (Phi) is 7.76. The molecule has 2 unspecified atom stereocenters. The number of ether oxygens (including phenoxy) is 2. The Morgan fingerprint density at radius 2 is 1.59 bits per heavy atom. The number of rotatable bonds is 6. The van der Waals surface area contributed by atoms with E-state index in [0.29, 0.717) is 63.0 Å². The van der Waals surface area contributed by atoms with Crippen LogP contribution in [0.25, 0.3) is 0 Å². The maximum atomic E-state index is 13.2. The van der Waals surface area contributed by atoms with Crippen molar-refractivity contribution in [2.24, 2.45) is 0 Å². The number of benzene rings is 2. The van der Waals surface area contributed by atoms with Gasteiger partial charge in [-0.3, -0.25) is 9.59 Å². The highest BCUT2D eigenvalue weighted by Crippen LogP contribution is 2.33. The molecule has 2 saturated heterocycles. The molecule has 0 aromatic heterocycles. The number of amides is 2. The minimum atomic E-state index is -1.02. The largest absolute Gasteiger partial charge is 0.486 e. The molecule has 5 rings (SSSR count). The molecular formula is C27H33FN4O5. The van der Waals surface area contributed by atoms with E-state index >= 15 is 0 Å². The van der Waals surface area contributed by atoms with Crippen molar-refractivity contribution in [2.75, 3.05) is 63.9 Å². The van der Waals surface area contributed by atoms with E-state index in [0.717, 1.165) is 31.6 Å². The second-order valence-corrected chi connectivity index (χ2v) is 9.69. The number of piperazine rings is 1. The summed E-state index contributed by atoms with van der Waals surface area (Å²) in [5.74, 6) is -0.451. The molecule has 37 heavy (non-hydrogen) atoms. The van der Waals surface area contributed by atoms with E-state index in [1.54, 1.807) is 30.3 Å². The molecule has 9 nitrogen and oxygen atoms in total. The maximum Gasteiger partial charge on any atom is 0.312 e. The van der Waals surface area contributed by atoms with Crippen molar-refractivity contribution in [1.82, 2.24) is 15.1 Å². The van der Waals surface area contributed by atoms with Crippen molar-refractivity contribution in [1.29, 1.82) is 0 Å². The van der Waals surface area contributed by atoms with Gasteiger partial charge in [-0.2, -0.15) is 0 Å². The highest BCUT2D eigenvalue weighted by Gasteiger charge is 2.32. The predicted molar refractivity (Wildman–Crippen MR) is 135 cm³/mol. The normalized spacial score (nSPS) is 19.4. The van der Waals surface area contributed by atoms with Crippen LogP contribution in [-0.2, 0) is 9.59 Å². The summed E-state index contributed by atoms with van der Waals surface area (Å²) in [6, 6.07) is 10.8. The number of aliphatic hydroxyl groups excluding tert-OH is 1. The number of anilines is 1. The van der Waals surface area contributed by atoms with Gasteiger partial charge in [0.05, 0.1) is 6.04 Å². The van der Waals surface area contributed by atoms with E-state index in [-0.39, 0.29) is 5.82 Å². The topological polar surface area (TPSA) is 94.6 Å². The van der Waals surface area contributed by atoms with E-state index in [2.05, 4.69) is 15.1 Å². The Balaban J connectivity index is 1.23. The summed E-state index contributed by atoms with van der Waals surface area (Å²) in [4.78, 5) is 31.9. The Hall–Kier alpha value is -3.37. The molecule has 2 atom stereocenters.